The number of nitrogens with zero attached hydrogens (tertiary/aromatic N) is 3. The van der Waals surface area contributed by atoms with Gasteiger partial charge in [0.05, 0.1) is 39.2 Å². The number of hydrogen-bond acceptors (Lipinski definition) is 6. The van der Waals surface area contributed by atoms with Crippen molar-refractivity contribution >= 4 is 43.9 Å². The lowest BCUT2D eigenvalue weighted by atomic mass is 10.1. The summed E-state index contributed by atoms with van der Waals surface area (Å²) in [6, 6.07) is 33.7. The van der Waals surface area contributed by atoms with Crippen molar-refractivity contribution in [1.82, 2.24) is 9.97 Å². The van der Waals surface area contributed by atoms with Crippen LogP contribution in [0.2, 0.25) is 5.15 Å². The first-order valence-corrected chi connectivity index (χ1v) is 16.4. The fourth-order valence-corrected chi connectivity index (χ4v) is 4.09. The average molecular weight is 696 g/mol. The van der Waals surface area contributed by atoms with Crippen LogP contribution in [-0.4, -0.2) is 51.1 Å². The van der Waals surface area contributed by atoms with Crippen LogP contribution in [0.4, 0.5) is 8.28 Å². The molecule has 6 rings (SSSR count). The molecule has 2 heterocycles. The van der Waals surface area contributed by atoms with E-state index < -0.39 is 16.5 Å². The number of rotatable bonds is 2. The van der Waals surface area contributed by atoms with E-state index in [2.05, 4.69) is 42.3 Å². The molecular weight excluding hydrogens is 656 g/mol. The Morgan fingerprint density at radius 3 is 1.60 bits per heavy atom. The lowest BCUT2D eigenvalue weighted by molar-refractivity contribution is -0.849. The van der Waals surface area contributed by atoms with Crippen LogP contribution in [0.1, 0.15) is 16.7 Å². The van der Waals surface area contributed by atoms with Gasteiger partial charge in [0, 0.05) is 10.8 Å². The van der Waals surface area contributed by atoms with Gasteiger partial charge in [-0.1, -0.05) is 98.9 Å². The Morgan fingerprint density at radius 2 is 1.12 bits per heavy atom. The standard InChI is InChI=1S/C9H6ClN.C9H6FN.C8H10O.C7H7FO3S.C4H12N/c2*10-9-6-5-7-3-1-2-4-8(7)11-9;1-6-4-3-5-7(2)8(6)9;1-6-2-4-7(5-3-6)11-12(8,9)10;1-5(2,3)4/h2*1-6H;3-5,9H,1-2H3;2-5H,1H3;1-4H3/q;;;;+1/p-1. The normalized spacial score (nSPS) is 10.5. The molecule has 0 saturated carbocycles. The highest BCUT2D eigenvalue weighted by Gasteiger charge is 2.08. The summed E-state index contributed by atoms with van der Waals surface area (Å²) in [4.78, 5) is 7.85. The quantitative estimate of drug-likeness (QED) is 0.102. The Morgan fingerprint density at radius 1 is 0.667 bits per heavy atom. The number of para-hydroxylation sites is 3. The molecule has 4 aromatic carbocycles. The number of hydrogen-bond donors (Lipinski definition) is 0. The number of pyridine rings is 2. The molecule has 7 nitrogen and oxygen atoms in total. The van der Waals surface area contributed by atoms with E-state index in [0.717, 1.165) is 37.5 Å². The average Bonchev–Trinajstić information content (AvgIpc) is 3.00. The number of halogens is 3. The second-order valence-electron chi connectivity index (χ2n) is 11.8. The van der Waals surface area contributed by atoms with Crippen molar-refractivity contribution in [2.24, 2.45) is 0 Å². The summed E-state index contributed by atoms with van der Waals surface area (Å²) in [5.74, 6) is -0.288. The smallest absolute Gasteiger partial charge is 0.488 e. The highest BCUT2D eigenvalue weighted by molar-refractivity contribution is 7.81. The molecule has 0 bridgehead atoms. The number of aryl methyl sites for hydroxylation is 3. The number of quaternary nitrogens is 1. The monoisotopic (exact) mass is 695 g/mol. The van der Waals surface area contributed by atoms with Gasteiger partial charge < -0.3 is 13.8 Å². The number of aromatic nitrogens is 2. The zero-order valence-electron chi connectivity index (χ0n) is 28.0. The maximum atomic E-state index is 12.5. The Bertz CT molecular complexity index is 1900. The van der Waals surface area contributed by atoms with E-state index in [4.69, 9.17) is 11.6 Å². The van der Waals surface area contributed by atoms with Crippen LogP contribution in [0, 0.1) is 26.7 Å². The number of fused-ring (bicyclic) bond motifs is 2. The van der Waals surface area contributed by atoms with Gasteiger partial charge in [0.25, 0.3) is 0 Å². The first-order chi connectivity index (χ1) is 22.4. The summed E-state index contributed by atoms with van der Waals surface area (Å²) in [6.07, 6.45) is 0. The summed E-state index contributed by atoms with van der Waals surface area (Å²) in [6.45, 7) is 5.48. The van der Waals surface area contributed by atoms with Crippen molar-refractivity contribution in [2.75, 3.05) is 28.2 Å². The van der Waals surface area contributed by atoms with Crippen LogP contribution in [0.15, 0.2) is 115 Å². The van der Waals surface area contributed by atoms with Gasteiger partial charge in [-0.25, -0.2) is 9.97 Å². The Balaban J connectivity index is 0.000000213. The molecule has 0 atom stereocenters. The van der Waals surface area contributed by atoms with Crippen molar-refractivity contribution in [3.8, 4) is 11.5 Å². The van der Waals surface area contributed by atoms with E-state index in [0.29, 0.717) is 10.7 Å². The summed E-state index contributed by atoms with van der Waals surface area (Å²) >= 11 is 5.71. The second-order valence-corrected chi connectivity index (χ2v) is 13.2. The summed E-state index contributed by atoms with van der Waals surface area (Å²) < 4.78 is 49.4. The third-order valence-corrected chi connectivity index (χ3v) is 6.36. The predicted molar refractivity (Wildman–Crippen MR) is 190 cm³/mol. The topological polar surface area (TPSA) is 92.2 Å². The molecule has 0 aliphatic rings. The highest BCUT2D eigenvalue weighted by Crippen LogP contribution is 2.17. The Kier molecular flexibility index (Phi) is 15.3. The molecule has 0 spiro atoms. The highest BCUT2D eigenvalue weighted by atomic mass is 35.5. The van der Waals surface area contributed by atoms with E-state index in [1.807, 2.05) is 87.5 Å². The van der Waals surface area contributed by atoms with Crippen molar-refractivity contribution in [3.05, 3.63) is 143 Å². The second kappa shape index (κ2) is 18.6. The van der Waals surface area contributed by atoms with Gasteiger partial charge in [0.2, 0.25) is 5.95 Å². The minimum absolute atomic E-state index is 0.0249. The summed E-state index contributed by atoms with van der Waals surface area (Å²) in [5, 5.41) is 13.6. The van der Waals surface area contributed by atoms with Gasteiger partial charge in [0.1, 0.15) is 10.9 Å². The molecule has 254 valence electrons. The number of benzene rings is 4. The maximum absolute atomic E-state index is 12.5. The molecule has 0 radical (unpaired) electrons. The van der Waals surface area contributed by atoms with Crippen molar-refractivity contribution in [2.45, 2.75) is 20.8 Å². The molecule has 0 aliphatic carbocycles. The molecule has 0 unspecified atom stereocenters. The Labute approximate surface area is 287 Å². The van der Waals surface area contributed by atoms with Crippen molar-refractivity contribution in [1.29, 1.82) is 0 Å². The van der Waals surface area contributed by atoms with Crippen LogP contribution >= 0.6 is 11.6 Å². The largest absolute Gasteiger partial charge is 0.872 e. The molecule has 0 aliphatic heterocycles. The SMILES string of the molecule is C[N+](C)(C)C.Cc1ccc(OS(=O)(=O)F)cc1.Cc1cccc(C)c1[O-].Clc1ccc2ccccc2n1.Fc1ccc2ccccc2n1. The summed E-state index contributed by atoms with van der Waals surface area (Å²) in [7, 11) is 3.61. The fourth-order valence-electron chi connectivity index (χ4n) is 3.59. The van der Waals surface area contributed by atoms with Crippen LogP contribution in [0.3, 0.4) is 0 Å². The van der Waals surface area contributed by atoms with Gasteiger partial charge in [0.15, 0.2) is 0 Å². The molecule has 0 N–H and O–H groups in total. The minimum Gasteiger partial charge on any atom is -0.872 e. The molecular formula is C37H40ClF2N3O4S. The van der Waals surface area contributed by atoms with E-state index in [1.54, 1.807) is 30.3 Å². The van der Waals surface area contributed by atoms with Crippen LogP contribution in [-0.2, 0) is 10.5 Å². The van der Waals surface area contributed by atoms with Crippen LogP contribution in [0.5, 0.6) is 11.5 Å². The van der Waals surface area contributed by atoms with Gasteiger partial charge in [-0.2, -0.15) is 12.8 Å². The van der Waals surface area contributed by atoms with Gasteiger partial charge in [-0.05, 0) is 69.3 Å². The molecule has 0 saturated heterocycles. The molecule has 6 aromatic rings. The lowest BCUT2D eigenvalue weighted by Gasteiger charge is -2.14. The van der Waals surface area contributed by atoms with Crippen molar-refractivity contribution in [3.63, 3.8) is 0 Å². The molecule has 0 fully saturated rings. The van der Waals surface area contributed by atoms with Gasteiger partial charge >= 0.3 is 10.5 Å². The first kappa shape index (κ1) is 39.5. The fraction of sp³-hybridized carbons (Fsp3) is 0.189. The maximum Gasteiger partial charge on any atom is 0.488 e. The van der Waals surface area contributed by atoms with Gasteiger partial charge in [-0.3, -0.25) is 0 Å². The van der Waals surface area contributed by atoms with Crippen LogP contribution < -0.4 is 9.29 Å². The van der Waals surface area contributed by atoms with Crippen LogP contribution in [0.25, 0.3) is 21.8 Å². The minimum atomic E-state index is -4.89. The van der Waals surface area contributed by atoms with Crippen molar-refractivity contribution < 1.29 is 30.5 Å². The zero-order valence-corrected chi connectivity index (χ0v) is 29.6. The lowest BCUT2D eigenvalue weighted by Crippen LogP contribution is -2.27. The van der Waals surface area contributed by atoms with E-state index in [-0.39, 0.29) is 11.5 Å². The van der Waals surface area contributed by atoms with E-state index in [9.17, 15) is 21.8 Å². The Hall–Kier alpha value is -4.64. The molecule has 11 heteroatoms. The van der Waals surface area contributed by atoms with E-state index in [1.165, 1.54) is 18.2 Å². The third kappa shape index (κ3) is 16.3. The molecule has 0 amide bonds. The third-order valence-electron chi connectivity index (χ3n) is 5.75. The van der Waals surface area contributed by atoms with E-state index >= 15 is 0 Å². The molecule has 48 heavy (non-hydrogen) atoms. The summed E-state index contributed by atoms with van der Waals surface area (Å²) in [5.41, 5.74) is 4.25. The molecule has 2 aromatic heterocycles. The first-order valence-electron chi connectivity index (χ1n) is 14.7. The zero-order chi connectivity index (χ0) is 35.9. The van der Waals surface area contributed by atoms with Gasteiger partial charge in [-0.15, -0.1) is 5.75 Å². The predicted octanol–water partition coefficient (Wildman–Crippen LogP) is 8.55.